The SMILES string of the molecule is CCN(C)CCNC(=O)c1ccc(C(=O)Nc2nc3c(OC)ccc(-c4ccccc4)c3[nH]2)cc1. The molecule has 2 amide bonds. The van der Waals surface area contributed by atoms with Crippen LogP contribution in [0.5, 0.6) is 5.75 Å². The van der Waals surface area contributed by atoms with Gasteiger partial charge in [-0.05, 0) is 55.6 Å². The van der Waals surface area contributed by atoms with Gasteiger partial charge in [-0.25, -0.2) is 4.98 Å². The molecule has 3 N–H and O–H groups in total. The molecule has 0 atom stereocenters. The van der Waals surface area contributed by atoms with Gasteiger partial charge >= 0.3 is 0 Å². The fourth-order valence-electron chi connectivity index (χ4n) is 3.72. The van der Waals surface area contributed by atoms with E-state index in [1.165, 1.54) is 0 Å². The van der Waals surface area contributed by atoms with E-state index >= 15 is 0 Å². The number of rotatable bonds is 9. The van der Waals surface area contributed by atoms with Gasteiger partial charge in [-0.1, -0.05) is 37.3 Å². The second kappa shape index (κ2) is 10.8. The van der Waals surface area contributed by atoms with Gasteiger partial charge in [-0.2, -0.15) is 0 Å². The Morgan fingerprint density at radius 1 is 0.971 bits per heavy atom. The molecule has 0 spiro atoms. The van der Waals surface area contributed by atoms with Crippen LogP contribution in [0.1, 0.15) is 27.6 Å². The minimum Gasteiger partial charge on any atom is -0.494 e. The normalized spacial score (nSPS) is 11.0. The van der Waals surface area contributed by atoms with Crippen LogP contribution in [-0.4, -0.2) is 60.5 Å². The van der Waals surface area contributed by atoms with Gasteiger partial charge in [0.2, 0.25) is 5.95 Å². The number of aromatic amines is 1. The molecule has 0 fully saturated rings. The van der Waals surface area contributed by atoms with Gasteiger partial charge in [-0.3, -0.25) is 14.9 Å². The number of anilines is 1. The van der Waals surface area contributed by atoms with Crippen molar-refractivity contribution in [2.45, 2.75) is 6.92 Å². The Morgan fingerprint density at radius 2 is 1.66 bits per heavy atom. The van der Waals surface area contributed by atoms with Crippen molar-refractivity contribution in [3.63, 3.8) is 0 Å². The minimum absolute atomic E-state index is 0.167. The maximum absolute atomic E-state index is 12.9. The van der Waals surface area contributed by atoms with E-state index in [1.807, 2.05) is 49.5 Å². The van der Waals surface area contributed by atoms with Gasteiger partial charge in [0.05, 0.1) is 12.6 Å². The zero-order valence-corrected chi connectivity index (χ0v) is 20.1. The number of ether oxygens (including phenoxy) is 1. The summed E-state index contributed by atoms with van der Waals surface area (Å²) in [5.41, 5.74) is 4.30. The van der Waals surface area contributed by atoms with Crippen molar-refractivity contribution in [2.24, 2.45) is 0 Å². The zero-order chi connectivity index (χ0) is 24.8. The Hall–Kier alpha value is -4.17. The van der Waals surface area contributed by atoms with Crippen LogP contribution < -0.4 is 15.4 Å². The Balaban J connectivity index is 1.49. The molecule has 1 heterocycles. The number of fused-ring (bicyclic) bond motifs is 1. The predicted molar refractivity (Wildman–Crippen MR) is 138 cm³/mol. The first-order valence-corrected chi connectivity index (χ1v) is 11.5. The Morgan fingerprint density at radius 3 is 2.31 bits per heavy atom. The highest BCUT2D eigenvalue weighted by Gasteiger charge is 2.16. The van der Waals surface area contributed by atoms with E-state index in [4.69, 9.17) is 4.74 Å². The molecule has 0 saturated heterocycles. The molecule has 0 saturated carbocycles. The number of aromatic nitrogens is 2. The highest BCUT2D eigenvalue weighted by atomic mass is 16.5. The molecule has 0 unspecified atom stereocenters. The number of amides is 2. The molecule has 0 aliphatic heterocycles. The molecule has 180 valence electrons. The molecule has 8 nitrogen and oxygen atoms in total. The molecule has 35 heavy (non-hydrogen) atoms. The molecule has 1 aromatic heterocycles. The molecular weight excluding hydrogens is 442 g/mol. The second-order valence-corrected chi connectivity index (χ2v) is 8.17. The summed E-state index contributed by atoms with van der Waals surface area (Å²) in [6.45, 7) is 4.32. The van der Waals surface area contributed by atoms with E-state index in [2.05, 4.69) is 32.4 Å². The van der Waals surface area contributed by atoms with E-state index in [-0.39, 0.29) is 11.8 Å². The molecule has 0 aliphatic rings. The fraction of sp³-hybridized carbons (Fsp3) is 0.222. The third kappa shape index (κ3) is 5.50. The van der Waals surface area contributed by atoms with Crippen molar-refractivity contribution >= 4 is 28.8 Å². The Labute approximate surface area is 204 Å². The summed E-state index contributed by atoms with van der Waals surface area (Å²) in [5, 5.41) is 5.70. The topological polar surface area (TPSA) is 99.4 Å². The first-order chi connectivity index (χ1) is 17.0. The number of hydrogen-bond donors (Lipinski definition) is 3. The molecule has 0 bridgehead atoms. The molecule has 3 aromatic carbocycles. The number of hydrogen-bond acceptors (Lipinski definition) is 5. The highest BCUT2D eigenvalue weighted by molar-refractivity contribution is 6.05. The quantitative estimate of drug-likeness (QED) is 0.340. The van der Waals surface area contributed by atoms with Crippen molar-refractivity contribution in [2.75, 3.05) is 39.1 Å². The van der Waals surface area contributed by atoms with Crippen LogP contribution >= 0.6 is 0 Å². The van der Waals surface area contributed by atoms with E-state index in [9.17, 15) is 9.59 Å². The summed E-state index contributed by atoms with van der Waals surface area (Å²) < 4.78 is 5.47. The number of likely N-dealkylation sites (N-methyl/N-ethyl adjacent to an activating group) is 1. The standard InChI is InChI=1S/C27H29N5O3/c1-4-32(2)17-16-28-25(33)19-10-12-20(13-11-19)26(34)31-27-29-23-21(18-8-6-5-7-9-18)14-15-22(35-3)24(23)30-27/h5-15H,4,16-17H2,1-3H3,(H,28,33)(H2,29,30,31,34). The average molecular weight is 472 g/mol. The molecule has 0 aliphatic carbocycles. The highest BCUT2D eigenvalue weighted by Crippen LogP contribution is 2.33. The van der Waals surface area contributed by atoms with Crippen molar-refractivity contribution < 1.29 is 14.3 Å². The molecule has 8 heteroatoms. The number of carbonyl (C=O) groups excluding carboxylic acids is 2. The van der Waals surface area contributed by atoms with Gasteiger partial charge < -0.3 is 19.9 Å². The first-order valence-electron chi connectivity index (χ1n) is 11.5. The number of imidazole rings is 1. The van der Waals surface area contributed by atoms with Crippen LogP contribution in [-0.2, 0) is 0 Å². The van der Waals surface area contributed by atoms with Gasteiger partial charge in [0.1, 0.15) is 11.3 Å². The van der Waals surface area contributed by atoms with Crippen molar-refractivity contribution in [1.82, 2.24) is 20.2 Å². The summed E-state index contributed by atoms with van der Waals surface area (Å²) in [7, 11) is 3.59. The van der Waals surface area contributed by atoms with E-state index < -0.39 is 0 Å². The number of nitrogens with one attached hydrogen (secondary N) is 3. The third-order valence-electron chi connectivity index (χ3n) is 5.87. The Bertz CT molecular complexity index is 1320. The lowest BCUT2D eigenvalue weighted by molar-refractivity contribution is 0.0948. The monoisotopic (exact) mass is 471 g/mol. The van der Waals surface area contributed by atoms with Crippen LogP contribution in [0.2, 0.25) is 0 Å². The largest absolute Gasteiger partial charge is 0.494 e. The molecule has 4 rings (SSSR count). The van der Waals surface area contributed by atoms with Gasteiger partial charge in [0.25, 0.3) is 11.8 Å². The maximum atomic E-state index is 12.9. The number of benzene rings is 3. The summed E-state index contributed by atoms with van der Waals surface area (Å²) in [6.07, 6.45) is 0. The van der Waals surface area contributed by atoms with Crippen LogP contribution in [0.3, 0.4) is 0 Å². The number of methoxy groups -OCH3 is 1. The smallest absolute Gasteiger partial charge is 0.257 e. The van der Waals surface area contributed by atoms with Crippen LogP contribution in [0, 0.1) is 0 Å². The van der Waals surface area contributed by atoms with Crippen LogP contribution in [0.25, 0.3) is 22.2 Å². The zero-order valence-electron chi connectivity index (χ0n) is 20.1. The lowest BCUT2D eigenvalue weighted by Gasteiger charge is -2.14. The molecular formula is C27H29N5O3. The molecule has 0 radical (unpaired) electrons. The fourth-order valence-corrected chi connectivity index (χ4v) is 3.72. The van der Waals surface area contributed by atoms with Crippen molar-refractivity contribution in [3.8, 4) is 16.9 Å². The van der Waals surface area contributed by atoms with E-state index in [1.54, 1.807) is 31.4 Å². The van der Waals surface area contributed by atoms with E-state index in [0.29, 0.717) is 34.9 Å². The number of H-pyrrole nitrogens is 1. The third-order valence-corrected chi connectivity index (χ3v) is 5.87. The summed E-state index contributed by atoms with van der Waals surface area (Å²) in [5.74, 6) is 0.422. The van der Waals surface area contributed by atoms with E-state index in [0.717, 1.165) is 29.7 Å². The number of nitrogens with zero attached hydrogens (tertiary/aromatic N) is 2. The summed E-state index contributed by atoms with van der Waals surface area (Å²) in [6, 6.07) is 20.3. The maximum Gasteiger partial charge on any atom is 0.257 e. The van der Waals surface area contributed by atoms with Gasteiger partial charge in [0, 0.05) is 29.8 Å². The van der Waals surface area contributed by atoms with Crippen molar-refractivity contribution in [1.29, 1.82) is 0 Å². The van der Waals surface area contributed by atoms with Crippen LogP contribution in [0.4, 0.5) is 5.95 Å². The second-order valence-electron chi connectivity index (χ2n) is 8.17. The van der Waals surface area contributed by atoms with Gasteiger partial charge in [-0.15, -0.1) is 0 Å². The average Bonchev–Trinajstić information content (AvgIpc) is 3.32. The number of carbonyl (C=O) groups is 2. The lowest BCUT2D eigenvalue weighted by atomic mass is 10.0. The van der Waals surface area contributed by atoms with Gasteiger partial charge in [0.15, 0.2) is 0 Å². The van der Waals surface area contributed by atoms with Crippen LogP contribution in [0.15, 0.2) is 66.7 Å². The summed E-state index contributed by atoms with van der Waals surface area (Å²) in [4.78, 5) is 35.1. The molecule has 4 aromatic rings. The Kier molecular flexibility index (Phi) is 7.42. The lowest BCUT2D eigenvalue weighted by Crippen LogP contribution is -2.32. The van der Waals surface area contributed by atoms with Crippen molar-refractivity contribution in [3.05, 3.63) is 77.9 Å². The minimum atomic E-state index is -0.333. The first kappa shape index (κ1) is 24.0. The summed E-state index contributed by atoms with van der Waals surface area (Å²) >= 11 is 0. The predicted octanol–water partition coefficient (Wildman–Crippen LogP) is 4.17.